The van der Waals surface area contributed by atoms with Crippen LogP contribution in [0.2, 0.25) is 0 Å². The molecule has 136 valence electrons. The summed E-state index contributed by atoms with van der Waals surface area (Å²) >= 11 is 0. The molecule has 0 aliphatic heterocycles. The minimum Gasteiger partial charge on any atom is -0.465 e. The Bertz CT molecular complexity index is 276. The molecule has 4 heteroatoms. The molecule has 0 fully saturated rings. The first-order valence-corrected chi connectivity index (χ1v) is 9.38. The Morgan fingerprint density at radius 2 is 1.04 bits per heavy atom. The second-order valence-corrected chi connectivity index (χ2v) is 6.27. The van der Waals surface area contributed by atoms with Crippen LogP contribution in [0.4, 0.5) is 0 Å². The molecule has 23 heavy (non-hydrogen) atoms. The van der Waals surface area contributed by atoms with Crippen molar-refractivity contribution < 1.29 is 19.1 Å². The molecule has 0 spiro atoms. The lowest BCUT2D eigenvalue weighted by Gasteiger charge is -2.12. The molecular formula is C19H36O4. The molecule has 0 heterocycles. The van der Waals surface area contributed by atoms with Crippen LogP contribution in [0.25, 0.3) is 0 Å². The molecule has 0 unspecified atom stereocenters. The fourth-order valence-corrected chi connectivity index (χ4v) is 2.73. The molecule has 0 rings (SSSR count). The highest BCUT2D eigenvalue weighted by molar-refractivity contribution is 5.91. The molecule has 0 aliphatic rings. The second-order valence-electron chi connectivity index (χ2n) is 6.27. The summed E-state index contributed by atoms with van der Waals surface area (Å²) in [5.41, 5.74) is 0. The Labute approximate surface area is 142 Å². The summed E-state index contributed by atoms with van der Waals surface area (Å²) in [5, 5.41) is 0. The van der Waals surface area contributed by atoms with Crippen LogP contribution in [-0.2, 0) is 19.1 Å². The van der Waals surface area contributed by atoms with Gasteiger partial charge in [0.15, 0.2) is 0 Å². The van der Waals surface area contributed by atoms with Gasteiger partial charge >= 0.3 is 11.9 Å². The number of hydrogen-bond acceptors (Lipinski definition) is 4. The van der Waals surface area contributed by atoms with Gasteiger partial charge in [0.05, 0.1) is 13.2 Å². The lowest BCUT2D eigenvalue weighted by molar-refractivity contribution is -0.154. The third-order valence-corrected chi connectivity index (χ3v) is 4.64. The van der Waals surface area contributed by atoms with Crippen molar-refractivity contribution >= 4 is 11.9 Å². The highest BCUT2D eigenvalue weighted by Gasteiger charge is 2.12. The van der Waals surface area contributed by atoms with Crippen LogP contribution in [0.1, 0.15) is 85.5 Å². The van der Waals surface area contributed by atoms with Gasteiger partial charge in [0.25, 0.3) is 0 Å². The van der Waals surface area contributed by atoms with Crippen molar-refractivity contribution in [2.24, 2.45) is 11.8 Å². The molecule has 0 aromatic carbocycles. The normalized spacial score (nSPS) is 11.0. The van der Waals surface area contributed by atoms with Gasteiger partial charge in [0.1, 0.15) is 6.42 Å². The monoisotopic (exact) mass is 328 g/mol. The molecule has 4 nitrogen and oxygen atoms in total. The van der Waals surface area contributed by atoms with Crippen molar-refractivity contribution in [3.05, 3.63) is 0 Å². The van der Waals surface area contributed by atoms with Crippen molar-refractivity contribution in [3.8, 4) is 0 Å². The standard InChI is InChI=1S/C19H36O4/c1-5-16(6-2)11-9-13-22-18(20)15-19(21)23-14-10-12-17(7-3)8-4/h16-17H,5-15H2,1-4H3. The number of hydrogen-bond donors (Lipinski definition) is 0. The maximum absolute atomic E-state index is 11.5. The molecule has 0 aromatic rings. The predicted octanol–water partition coefficient (Wildman–Crippen LogP) is 4.90. The van der Waals surface area contributed by atoms with Gasteiger partial charge in [-0.05, 0) is 37.5 Å². The Balaban J connectivity index is 3.64. The van der Waals surface area contributed by atoms with Gasteiger partial charge in [-0.3, -0.25) is 9.59 Å². The van der Waals surface area contributed by atoms with Gasteiger partial charge in [-0.15, -0.1) is 0 Å². The van der Waals surface area contributed by atoms with Crippen LogP contribution in [0.5, 0.6) is 0 Å². The molecule has 0 N–H and O–H groups in total. The number of ether oxygens (including phenoxy) is 2. The van der Waals surface area contributed by atoms with Gasteiger partial charge < -0.3 is 9.47 Å². The quantitative estimate of drug-likeness (QED) is 0.259. The highest BCUT2D eigenvalue weighted by atomic mass is 16.6. The number of carbonyl (C=O) groups excluding carboxylic acids is 2. The summed E-state index contributed by atoms with van der Waals surface area (Å²) in [6.07, 6.45) is 8.24. The van der Waals surface area contributed by atoms with Crippen LogP contribution >= 0.6 is 0 Å². The zero-order valence-electron chi connectivity index (χ0n) is 15.6. The first-order chi connectivity index (χ1) is 11.1. The maximum Gasteiger partial charge on any atom is 0.317 e. The summed E-state index contributed by atoms with van der Waals surface area (Å²) in [6.45, 7) is 9.52. The van der Waals surface area contributed by atoms with E-state index in [0.717, 1.165) is 51.4 Å². The topological polar surface area (TPSA) is 52.6 Å². The van der Waals surface area contributed by atoms with E-state index in [2.05, 4.69) is 27.7 Å². The van der Waals surface area contributed by atoms with E-state index in [-0.39, 0.29) is 6.42 Å². The van der Waals surface area contributed by atoms with E-state index in [0.29, 0.717) is 25.0 Å². The molecule has 0 amide bonds. The van der Waals surface area contributed by atoms with Gasteiger partial charge in [0, 0.05) is 0 Å². The lowest BCUT2D eigenvalue weighted by atomic mass is 9.98. The molecule has 0 aliphatic carbocycles. The summed E-state index contributed by atoms with van der Waals surface area (Å²) in [4.78, 5) is 23.1. The van der Waals surface area contributed by atoms with E-state index in [4.69, 9.17) is 9.47 Å². The minimum absolute atomic E-state index is 0.268. The Hall–Kier alpha value is -1.06. The third kappa shape index (κ3) is 12.1. The number of rotatable bonds is 14. The van der Waals surface area contributed by atoms with E-state index in [9.17, 15) is 9.59 Å². The molecule has 0 bridgehead atoms. The Morgan fingerprint density at radius 3 is 1.35 bits per heavy atom. The van der Waals surface area contributed by atoms with E-state index >= 15 is 0 Å². The summed E-state index contributed by atoms with van der Waals surface area (Å²) < 4.78 is 10.2. The summed E-state index contributed by atoms with van der Waals surface area (Å²) in [7, 11) is 0. The fourth-order valence-electron chi connectivity index (χ4n) is 2.73. The highest BCUT2D eigenvalue weighted by Crippen LogP contribution is 2.15. The van der Waals surface area contributed by atoms with E-state index in [1.54, 1.807) is 0 Å². The first kappa shape index (κ1) is 21.9. The van der Waals surface area contributed by atoms with Crippen LogP contribution in [0.3, 0.4) is 0 Å². The van der Waals surface area contributed by atoms with Crippen LogP contribution in [0, 0.1) is 11.8 Å². The third-order valence-electron chi connectivity index (χ3n) is 4.64. The molecular weight excluding hydrogens is 292 g/mol. The maximum atomic E-state index is 11.5. The first-order valence-electron chi connectivity index (χ1n) is 9.38. The summed E-state index contributed by atoms with van der Waals surface area (Å²) in [5.74, 6) is 0.460. The average molecular weight is 328 g/mol. The van der Waals surface area contributed by atoms with Crippen molar-refractivity contribution in [3.63, 3.8) is 0 Å². The van der Waals surface area contributed by atoms with Crippen LogP contribution in [0.15, 0.2) is 0 Å². The zero-order valence-corrected chi connectivity index (χ0v) is 15.6. The van der Waals surface area contributed by atoms with Crippen molar-refractivity contribution in [2.75, 3.05) is 13.2 Å². The molecule has 0 atom stereocenters. The predicted molar refractivity (Wildman–Crippen MR) is 93.1 cm³/mol. The Kier molecular flexibility index (Phi) is 13.9. The van der Waals surface area contributed by atoms with Crippen molar-refractivity contribution in [2.45, 2.75) is 85.5 Å². The number of esters is 2. The van der Waals surface area contributed by atoms with Crippen molar-refractivity contribution in [1.29, 1.82) is 0 Å². The zero-order chi connectivity index (χ0) is 17.5. The van der Waals surface area contributed by atoms with E-state index in [1.165, 1.54) is 0 Å². The van der Waals surface area contributed by atoms with Crippen molar-refractivity contribution in [1.82, 2.24) is 0 Å². The molecule has 0 aromatic heterocycles. The molecule has 0 saturated heterocycles. The van der Waals surface area contributed by atoms with Crippen LogP contribution in [-0.4, -0.2) is 25.2 Å². The van der Waals surface area contributed by atoms with E-state index in [1.807, 2.05) is 0 Å². The van der Waals surface area contributed by atoms with E-state index < -0.39 is 11.9 Å². The molecule has 0 radical (unpaired) electrons. The lowest BCUT2D eigenvalue weighted by Crippen LogP contribution is -2.15. The Morgan fingerprint density at radius 1 is 0.696 bits per heavy atom. The van der Waals surface area contributed by atoms with Gasteiger partial charge in [-0.2, -0.15) is 0 Å². The largest absolute Gasteiger partial charge is 0.465 e. The fraction of sp³-hybridized carbons (Fsp3) is 0.895. The van der Waals surface area contributed by atoms with Gasteiger partial charge in [-0.1, -0.05) is 53.4 Å². The minimum atomic E-state index is -0.473. The molecule has 0 saturated carbocycles. The summed E-state index contributed by atoms with van der Waals surface area (Å²) in [6, 6.07) is 0. The van der Waals surface area contributed by atoms with Gasteiger partial charge in [-0.25, -0.2) is 0 Å². The second kappa shape index (κ2) is 14.5. The van der Waals surface area contributed by atoms with Gasteiger partial charge in [0.2, 0.25) is 0 Å². The average Bonchev–Trinajstić information content (AvgIpc) is 2.55. The van der Waals surface area contributed by atoms with Crippen LogP contribution < -0.4 is 0 Å². The smallest absolute Gasteiger partial charge is 0.317 e. The SMILES string of the molecule is CCC(CC)CCCOC(=O)CC(=O)OCCCC(CC)CC. The number of carbonyl (C=O) groups is 2.